The molecule has 4 aromatic rings. The average Bonchev–Trinajstić information content (AvgIpc) is 3.47. The lowest BCUT2D eigenvalue weighted by Gasteiger charge is -2.10. The topological polar surface area (TPSA) is 91.2 Å². The van der Waals surface area contributed by atoms with E-state index in [1.54, 1.807) is 25.1 Å². The van der Waals surface area contributed by atoms with Gasteiger partial charge in [0.2, 0.25) is 5.91 Å². The van der Waals surface area contributed by atoms with E-state index >= 15 is 0 Å². The summed E-state index contributed by atoms with van der Waals surface area (Å²) in [6.07, 6.45) is 1.60. The lowest BCUT2D eigenvalue weighted by molar-refractivity contribution is -0.113. The number of rotatable bonds is 8. The van der Waals surface area contributed by atoms with Gasteiger partial charge in [-0.15, -0.1) is 21.5 Å². The third-order valence-electron chi connectivity index (χ3n) is 4.33. The third-order valence-corrected chi connectivity index (χ3v) is 6.03. The molecule has 0 aliphatic heterocycles. The molecule has 0 saturated carbocycles. The van der Waals surface area contributed by atoms with Crippen molar-refractivity contribution in [2.75, 3.05) is 25.3 Å². The number of thioether (sulfide) groups is 1. The maximum Gasteiger partial charge on any atom is 0.236 e. The van der Waals surface area contributed by atoms with E-state index in [2.05, 4.69) is 20.5 Å². The number of amides is 1. The summed E-state index contributed by atoms with van der Waals surface area (Å²) < 4.78 is 12.4. The van der Waals surface area contributed by atoms with Crippen LogP contribution in [0.3, 0.4) is 0 Å². The Bertz CT molecular complexity index is 1170. The number of carbonyl (C=O) groups is 1. The molecule has 2 aromatic carbocycles. The standard InChI is InChI=1S/C21H19N5O3S2/c1-28-15-9-7-14(8-10-15)16-11-30-20(23-16)24-19(27)12-31-21-25-22-13-26(21)17-5-3-4-6-18(17)29-2/h3-11,13H,12H2,1-2H3,(H,23,24,27). The fraction of sp³-hybridized carbons (Fsp3) is 0.143. The molecule has 0 fully saturated rings. The molecule has 0 radical (unpaired) electrons. The fourth-order valence-electron chi connectivity index (χ4n) is 2.83. The molecule has 0 aliphatic carbocycles. The van der Waals surface area contributed by atoms with Crippen LogP contribution in [-0.4, -0.2) is 45.6 Å². The molecule has 31 heavy (non-hydrogen) atoms. The molecule has 8 nitrogen and oxygen atoms in total. The average molecular weight is 454 g/mol. The van der Waals surface area contributed by atoms with Crippen LogP contribution in [0.1, 0.15) is 0 Å². The first kappa shape index (κ1) is 20.9. The van der Waals surface area contributed by atoms with E-state index in [-0.39, 0.29) is 11.7 Å². The smallest absolute Gasteiger partial charge is 0.236 e. The summed E-state index contributed by atoms with van der Waals surface area (Å²) in [5.74, 6) is 1.48. The minimum Gasteiger partial charge on any atom is -0.497 e. The molecule has 2 aromatic heterocycles. The zero-order chi connectivity index (χ0) is 21.6. The van der Waals surface area contributed by atoms with Crippen LogP contribution in [0.2, 0.25) is 0 Å². The number of aromatic nitrogens is 4. The summed E-state index contributed by atoms with van der Waals surface area (Å²) in [4.78, 5) is 16.9. The fourth-order valence-corrected chi connectivity index (χ4v) is 4.29. The molecule has 0 spiro atoms. The van der Waals surface area contributed by atoms with Crippen molar-refractivity contribution < 1.29 is 14.3 Å². The van der Waals surface area contributed by atoms with E-state index in [4.69, 9.17) is 9.47 Å². The first-order chi connectivity index (χ1) is 15.2. The second-order valence-corrected chi connectivity index (χ2v) is 8.06. The SMILES string of the molecule is COc1ccc(-c2csc(NC(=O)CSc3nncn3-c3ccccc3OC)n2)cc1. The Morgan fingerprint density at radius 2 is 1.94 bits per heavy atom. The van der Waals surface area contributed by atoms with Crippen molar-refractivity contribution in [2.24, 2.45) is 0 Å². The normalized spacial score (nSPS) is 10.6. The molecule has 0 saturated heterocycles. The predicted octanol–water partition coefficient (Wildman–Crippen LogP) is 4.14. The number of thiazole rings is 1. The highest BCUT2D eigenvalue weighted by molar-refractivity contribution is 7.99. The second-order valence-electron chi connectivity index (χ2n) is 6.26. The van der Waals surface area contributed by atoms with Crippen LogP contribution in [0.15, 0.2) is 65.4 Å². The van der Waals surface area contributed by atoms with Gasteiger partial charge in [-0.2, -0.15) is 0 Å². The molecule has 2 heterocycles. The van der Waals surface area contributed by atoms with E-state index in [1.165, 1.54) is 23.1 Å². The van der Waals surface area contributed by atoms with Gasteiger partial charge in [0.1, 0.15) is 17.8 Å². The Morgan fingerprint density at radius 3 is 2.71 bits per heavy atom. The van der Waals surface area contributed by atoms with Crippen LogP contribution in [-0.2, 0) is 4.79 Å². The second kappa shape index (κ2) is 9.63. The van der Waals surface area contributed by atoms with Crippen LogP contribution in [0, 0.1) is 0 Å². The highest BCUT2D eigenvalue weighted by atomic mass is 32.2. The first-order valence-electron chi connectivity index (χ1n) is 9.24. The van der Waals surface area contributed by atoms with Gasteiger partial charge < -0.3 is 14.8 Å². The van der Waals surface area contributed by atoms with Crippen LogP contribution >= 0.6 is 23.1 Å². The van der Waals surface area contributed by atoms with Crippen molar-refractivity contribution in [3.8, 4) is 28.4 Å². The van der Waals surface area contributed by atoms with Gasteiger partial charge in [0.05, 0.1) is 31.4 Å². The minimum atomic E-state index is -0.171. The molecule has 0 bridgehead atoms. The van der Waals surface area contributed by atoms with Gasteiger partial charge in [-0.3, -0.25) is 9.36 Å². The van der Waals surface area contributed by atoms with Crippen molar-refractivity contribution in [3.63, 3.8) is 0 Å². The molecule has 0 atom stereocenters. The van der Waals surface area contributed by atoms with Crippen LogP contribution < -0.4 is 14.8 Å². The quantitative estimate of drug-likeness (QED) is 0.401. The summed E-state index contributed by atoms with van der Waals surface area (Å²) in [6, 6.07) is 15.2. The molecule has 0 unspecified atom stereocenters. The Labute approximate surface area is 187 Å². The Hall–Kier alpha value is -3.37. The van der Waals surface area contributed by atoms with E-state index in [0.29, 0.717) is 16.0 Å². The number of carbonyl (C=O) groups excluding carboxylic acids is 1. The number of benzene rings is 2. The molecular weight excluding hydrogens is 434 g/mol. The van der Waals surface area contributed by atoms with E-state index < -0.39 is 0 Å². The van der Waals surface area contributed by atoms with Gasteiger partial charge in [0.15, 0.2) is 10.3 Å². The predicted molar refractivity (Wildman–Crippen MR) is 121 cm³/mol. The summed E-state index contributed by atoms with van der Waals surface area (Å²) in [5.41, 5.74) is 2.56. The lowest BCUT2D eigenvalue weighted by Crippen LogP contribution is -2.14. The van der Waals surface area contributed by atoms with Gasteiger partial charge >= 0.3 is 0 Å². The minimum absolute atomic E-state index is 0.171. The molecule has 158 valence electrons. The van der Waals surface area contributed by atoms with Gasteiger partial charge in [0, 0.05) is 10.9 Å². The number of ether oxygens (including phenoxy) is 2. The number of methoxy groups -OCH3 is 2. The first-order valence-corrected chi connectivity index (χ1v) is 11.1. The highest BCUT2D eigenvalue weighted by Crippen LogP contribution is 2.28. The van der Waals surface area contributed by atoms with Crippen LogP contribution in [0.5, 0.6) is 11.5 Å². The molecule has 1 N–H and O–H groups in total. The summed E-state index contributed by atoms with van der Waals surface area (Å²) >= 11 is 2.66. The third kappa shape index (κ3) is 4.86. The van der Waals surface area contributed by atoms with Crippen LogP contribution in [0.4, 0.5) is 5.13 Å². The Balaban J connectivity index is 1.39. The summed E-state index contributed by atoms with van der Waals surface area (Å²) in [6.45, 7) is 0. The molecule has 1 amide bonds. The van der Waals surface area contributed by atoms with Crippen molar-refractivity contribution >= 4 is 34.1 Å². The van der Waals surface area contributed by atoms with Crippen LogP contribution in [0.25, 0.3) is 16.9 Å². The number of hydrogen-bond donors (Lipinski definition) is 1. The van der Waals surface area contributed by atoms with Crippen molar-refractivity contribution in [1.82, 2.24) is 19.7 Å². The molecule has 4 rings (SSSR count). The lowest BCUT2D eigenvalue weighted by atomic mass is 10.2. The number of para-hydroxylation sites is 2. The molecule has 0 aliphatic rings. The number of hydrogen-bond acceptors (Lipinski definition) is 8. The largest absolute Gasteiger partial charge is 0.497 e. The summed E-state index contributed by atoms with van der Waals surface area (Å²) in [7, 11) is 3.24. The van der Waals surface area contributed by atoms with Crippen molar-refractivity contribution in [2.45, 2.75) is 5.16 Å². The van der Waals surface area contributed by atoms with E-state index in [9.17, 15) is 4.79 Å². The number of anilines is 1. The Morgan fingerprint density at radius 1 is 1.13 bits per heavy atom. The van der Waals surface area contributed by atoms with Crippen molar-refractivity contribution in [1.29, 1.82) is 0 Å². The number of nitrogens with one attached hydrogen (secondary N) is 1. The van der Waals surface area contributed by atoms with Gasteiger partial charge in [-0.25, -0.2) is 4.98 Å². The number of nitrogens with zero attached hydrogens (tertiary/aromatic N) is 4. The monoisotopic (exact) mass is 453 g/mol. The maximum atomic E-state index is 12.4. The van der Waals surface area contributed by atoms with Gasteiger partial charge in [0.25, 0.3) is 0 Å². The Kier molecular flexibility index (Phi) is 6.48. The molecule has 10 heteroatoms. The zero-order valence-corrected chi connectivity index (χ0v) is 18.4. The molecular formula is C21H19N5O3S2. The maximum absolute atomic E-state index is 12.4. The van der Waals surface area contributed by atoms with Gasteiger partial charge in [-0.05, 0) is 36.4 Å². The summed E-state index contributed by atoms with van der Waals surface area (Å²) in [5, 5.41) is 14.0. The van der Waals surface area contributed by atoms with Crippen molar-refractivity contribution in [3.05, 3.63) is 60.2 Å². The van der Waals surface area contributed by atoms with Gasteiger partial charge in [-0.1, -0.05) is 23.9 Å². The highest BCUT2D eigenvalue weighted by Gasteiger charge is 2.14. The zero-order valence-electron chi connectivity index (χ0n) is 16.8. The van der Waals surface area contributed by atoms with E-state index in [1.807, 2.05) is 53.9 Å². The van der Waals surface area contributed by atoms with E-state index in [0.717, 1.165) is 22.7 Å².